The van der Waals surface area contributed by atoms with Crippen molar-refractivity contribution in [3.05, 3.63) is 22.8 Å². The van der Waals surface area contributed by atoms with Gasteiger partial charge in [-0.3, -0.25) is 0 Å². The molecular weight excluding hydrogens is 210 g/mol. The van der Waals surface area contributed by atoms with Crippen molar-refractivity contribution in [3.63, 3.8) is 0 Å². The highest BCUT2D eigenvalue weighted by atomic mass is 35.5. The largest absolute Gasteiger partial charge is 0.353 e. The third-order valence-corrected chi connectivity index (χ3v) is 2.60. The Labute approximate surface area is 95.3 Å². The normalized spacial score (nSPS) is 10.1. The smallest absolute Gasteiger partial charge is 0.148 e. The summed E-state index contributed by atoms with van der Waals surface area (Å²) in [5.74, 6) is 0.688. The first-order valence-electron chi connectivity index (χ1n) is 4.93. The molecule has 0 saturated heterocycles. The Kier molecular flexibility index (Phi) is 3.93. The highest BCUT2D eigenvalue weighted by molar-refractivity contribution is 6.34. The lowest BCUT2D eigenvalue weighted by Crippen LogP contribution is -2.31. The molecule has 1 heterocycles. The van der Waals surface area contributed by atoms with E-state index in [-0.39, 0.29) is 0 Å². The summed E-state index contributed by atoms with van der Waals surface area (Å²) >= 11 is 6.10. The van der Waals surface area contributed by atoms with Gasteiger partial charge < -0.3 is 4.90 Å². The molecule has 0 aliphatic heterocycles. The summed E-state index contributed by atoms with van der Waals surface area (Å²) in [6.45, 7) is 7.00. The lowest BCUT2D eigenvalue weighted by molar-refractivity contribution is 0.693. The first-order chi connectivity index (χ1) is 7.11. The minimum Gasteiger partial charge on any atom is -0.353 e. The van der Waals surface area contributed by atoms with Gasteiger partial charge in [0.1, 0.15) is 16.9 Å². The SMILES string of the molecule is CCN(c1nccc(C#N)c1Cl)C(C)C. The van der Waals surface area contributed by atoms with Crippen molar-refractivity contribution < 1.29 is 0 Å². The fraction of sp³-hybridized carbons (Fsp3) is 0.455. The van der Waals surface area contributed by atoms with Crippen LogP contribution in [0.4, 0.5) is 5.82 Å². The molecule has 0 aliphatic carbocycles. The summed E-state index contributed by atoms with van der Waals surface area (Å²) in [5.41, 5.74) is 0.473. The molecule has 1 aromatic rings. The molecule has 0 aliphatic rings. The van der Waals surface area contributed by atoms with Gasteiger partial charge >= 0.3 is 0 Å². The average molecular weight is 224 g/mol. The average Bonchev–Trinajstić information content (AvgIpc) is 2.21. The third-order valence-electron chi connectivity index (χ3n) is 2.23. The van der Waals surface area contributed by atoms with Crippen LogP contribution in [0.5, 0.6) is 0 Å². The Morgan fingerprint density at radius 3 is 2.73 bits per heavy atom. The highest BCUT2D eigenvalue weighted by Crippen LogP contribution is 2.27. The van der Waals surface area contributed by atoms with Gasteiger partial charge in [0.05, 0.1) is 5.56 Å². The van der Waals surface area contributed by atoms with Gasteiger partial charge in [-0.2, -0.15) is 5.26 Å². The molecule has 0 N–H and O–H groups in total. The molecule has 0 atom stereocenters. The van der Waals surface area contributed by atoms with E-state index in [1.165, 1.54) is 0 Å². The van der Waals surface area contributed by atoms with Crippen LogP contribution in [0.3, 0.4) is 0 Å². The van der Waals surface area contributed by atoms with E-state index in [1.54, 1.807) is 12.3 Å². The van der Waals surface area contributed by atoms with E-state index in [4.69, 9.17) is 16.9 Å². The monoisotopic (exact) mass is 223 g/mol. The number of aromatic nitrogens is 1. The van der Waals surface area contributed by atoms with Gasteiger partial charge in [0.2, 0.25) is 0 Å². The number of rotatable bonds is 3. The van der Waals surface area contributed by atoms with Gasteiger partial charge in [-0.05, 0) is 26.8 Å². The van der Waals surface area contributed by atoms with E-state index < -0.39 is 0 Å². The van der Waals surface area contributed by atoms with E-state index >= 15 is 0 Å². The second-order valence-electron chi connectivity index (χ2n) is 3.49. The molecule has 0 spiro atoms. The number of nitrogens with zero attached hydrogens (tertiary/aromatic N) is 3. The van der Waals surface area contributed by atoms with Crippen LogP contribution >= 0.6 is 11.6 Å². The van der Waals surface area contributed by atoms with Crippen molar-refractivity contribution in [1.82, 2.24) is 4.98 Å². The minimum atomic E-state index is 0.314. The molecule has 0 aromatic carbocycles. The van der Waals surface area contributed by atoms with E-state index in [9.17, 15) is 0 Å². The molecule has 1 rings (SSSR count). The van der Waals surface area contributed by atoms with Crippen LogP contribution in [-0.2, 0) is 0 Å². The Morgan fingerprint density at radius 2 is 2.27 bits per heavy atom. The van der Waals surface area contributed by atoms with Crippen molar-refractivity contribution in [2.24, 2.45) is 0 Å². The number of anilines is 1. The maximum Gasteiger partial charge on any atom is 0.148 e. The molecule has 0 bridgehead atoms. The molecule has 3 nitrogen and oxygen atoms in total. The number of halogens is 1. The molecule has 0 radical (unpaired) electrons. The molecule has 0 saturated carbocycles. The quantitative estimate of drug-likeness (QED) is 0.791. The summed E-state index contributed by atoms with van der Waals surface area (Å²) in [4.78, 5) is 6.28. The maximum absolute atomic E-state index is 8.86. The summed E-state index contributed by atoms with van der Waals surface area (Å²) in [6, 6.07) is 3.99. The second kappa shape index (κ2) is 4.99. The summed E-state index contributed by atoms with van der Waals surface area (Å²) in [7, 11) is 0. The van der Waals surface area contributed by atoms with E-state index in [0.717, 1.165) is 6.54 Å². The Bertz CT molecular complexity index is 382. The van der Waals surface area contributed by atoms with Crippen molar-refractivity contribution >= 4 is 17.4 Å². The lowest BCUT2D eigenvalue weighted by Gasteiger charge is -2.27. The molecule has 4 heteroatoms. The van der Waals surface area contributed by atoms with Crippen LogP contribution < -0.4 is 4.90 Å². The summed E-state index contributed by atoms with van der Waals surface area (Å²) in [5, 5.41) is 9.30. The fourth-order valence-electron chi connectivity index (χ4n) is 1.48. The van der Waals surface area contributed by atoms with Crippen LogP contribution in [0.1, 0.15) is 26.3 Å². The Hall–Kier alpha value is -1.27. The zero-order chi connectivity index (χ0) is 11.4. The van der Waals surface area contributed by atoms with Crippen LogP contribution in [0.2, 0.25) is 5.02 Å². The predicted octanol–water partition coefficient (Wildman–Crippen LogP) is 2.84. The standard InChI is InChI=1S/C11H14ClN3/c1-4-15(8(2)3)11-10(12)9(7-13)5-6-14-11/h5-6,8H,4H2,1-3H3. The molecule has 0 fully saturated rings. The molecule has 0 unspecified atom stereocenters. The predicted molar refractivity (Wildman–Crippen MR) is 62.1 cm³/mol. The zero-order valence-electron chi connectivity index (χ0n) is 9.16. The first kappa shape index (κ1) is 11.8. The van der Waals surface area contributed by atoms with Gasteiger partial charge in [-0.15, -0.1) is 0 Å². The number of pyridine rings is 1. The van der Waals surface area contributed by atoms with Gasteiger partial charge in [-0.25, -0.2) is 4.98 Å². The van der Waals surface area contributed by atoms with Crippen molar-refractivity contribution in [3.8, 4) is 6.07 Å². The van der Waals surface area contributed by atoms with Crippen LogP contribution in [-0.4, -0.2) is 17.6 Å². The number of hydrogen-bond acceptors (Lipinski definition) is 3. The van der Waals surface area contributed by atoms with Crippen LogP contribution in [0, 0.1) is 11.3 Å². The molecular formula is C11H14ClN3. The van der Waals surface area contributed by atoms with Crippen LogP contribution in [0.15, 0.2) is 12.3 Å². The summed E-state index contributed by atoms with van der Waals surface area (Å²) in [6.07, 6.45) is 1.62. The topological polar surface area (TPSA) is 39.9 Å². The summed E-state index contributed by atoms with van der Waals surface area (Å²) < 4.78 is 0. The van der Waals surface area contributed by atoms with Gasteiger partial charge in [-0.1, -0.05) is 11.6 Å². The molecule has 0 amide bonds. The Balaban J connectivity index is 3.20. The van der Waals surface area contributed by atoms with Crippen molar-refractivity contribution in [2.45, 2.75) is 26.8 Å². The second-order valence-corrected chi connectivity index (χ2v) is 3.87. The van der Waals surface area contributed by atoms with E-state index in [2.05, 4.69) is 29.8 Å². The van der Waals surface area contributed by atoms with Crippen LogP contribution in [0.25, 0.3) is 0 Å². The zero-order valence-corrected chi connectivity index (χ0v) is 9.91. The van der Waals surface area contributed by atoms with Gasteiger partial charge in [0.25, 0.3) is 0 Å². The molecule has 15 heavy (non-hydrogen) atoms. The van der Waals surface area contributed by atoms with Gasteiger partial charge in [0, 0.05) is 18.8 Å². The number of hydrogen-bond donors (Lipinski definition) is 0. The van der Waals surface area contributed by atoms with E-state index in [1.807, 2.05) is 6.92 Å². The maximum atomic E-state index is 8.86. The minimum absolute atomic E-state index is 0.314. The first-order valence-corrected chi connectivity index (χ1v) is 5.30. The lowest BCUT2D eigenvalue weighted by atomic mass is 10.2. The molecule has 80 valence electrons. The molecule has 1 aromatic heterocycles. The third kappa shape index (κ3) is 2.40. The highest BCUT2D eigenvalue weighted by Gasteiger charge is 2.15. The van der Waals surface area contributed by atoms with Gasteiger partial charge in [0.15, 0.2) is 0 Å². The van der Waals surface area contributed by atoms with E-state index in [0.29, 0.717) is 22.4 Å². The number of nitriles is 1. The van der Waals surface area contributed by atoms with Crippen molar-refractivity contribution in [1.29, 1.82) is 5.26 Å². The Morgan fingerprint density at radius 1 is 1.60 bits per heavy atom. The van der Waals surface area contributed by atoms with Crippen molar-refractivity contribution in [2.75, 3.05) is 11.4 Å². The fourth-order valence-corrected chi connectivity index (χ4v) is 1.74.